The molecule has 0 aliphatic heterocycles. The van der Waals surface area contributed by atoms with Crippen LogP contribution in [-0.2, 0) is 0 Å². The van der Waals surface area contributed by atoms with Gasteiger partial charge in [0.25, 0.3) is 0 Å². The molecular weight excluding hydrogens is 184 g/mol. The van der Waals surface area contributed by atoms with Crippen molar-refractivity contribution >= 4 is 0 Å². The SMILES string of the molecule is CCC(C)N(CC)C(CC)CNC1CC1. The molecule has 0 aromatic heterocycles. The zero-order valence-electron chi connectivity index (χ0n) is 10.9. The first-order valence-corrected chi connectivity index (χ1v) is 6.71. The van der Waals surface area contributed by atoms with Crippen LogP contribution >= 0.6 is 0 Å². The molecule has 0 aromatic rings. The minimum absolute atomic E-state index is 0.723. The van der Waals surface area contributed by atoms with Crippen molar-refractivity contribution in [3.05, 3.63) is 0 Å². The molecule has 1 saturated carbocycles. The third-order valence-electron chi connectivity index (χ3n) is 3.68. The van der Waals surface area contributed by atoms with Crippen LogP contribution in [0.1, 0.15) is 53.4 Å². The average Bonchev–Trinajstić information content (AvgIpc) is 3.07. The standard InChI is InChI=1S/C13H28N2/c1-5-11(4)15(7-3)13(6-2)10-14-12-8-9-12/h11-14H,5-10H2,1-4H3. The van der Waals surface area contributed by atoms with E-state index in [9.17, 15) is 0 Å². The molecule has 2 unspecified atom stereocenters. The first-order chi connectivity index (χ1) is 7.22. The average molecular weight is 212 g/mol. The quantitative estimate of drug-likeness (QED) is 0.665. The Hall–Kier alpha value is -0.0800. The summed E-state index contributed by atoms with van der Waals surface area (Å²) in [6, 6.07) is 2.29. The van der Waals surface area contributed by atoms with E-state index in [4.69, 9.17) is 0 Å². The monoisotopic (exact) mass is 212 g/mol. The number of rotatable bonds is 8. The van der Waals surface area contributed by atoms with Crippen molar-refractivity contribution in [1.82, 2.24) is 10.2 Å². The van der Waals surface area contributed by atoms with Gasteiger partial charge in [0.1, 0.15) is 0 Å². The fourth-order valence-corrected chi connectivity index (χ4v) is 2.25. The maximum absolute atomic E-state index is 3.66. The van der Waals surface area contributed by atoms with Crippen LogP contribution in [0.5, 0.6) is 0 Å². The first-order valence-electron chi connectivity index (χ1n) is 6.71. The summed E-state index contributed by atoms with van der Waals surface area (Å²) in [7, 11) is 0. The normalized spacial score (nSPS) is 20.6. The highest BCUT2D eigenvalue weighted by atomic mass is 15.2. The molecule has 1 rings (SSSR count). The van der Waals surface area contributed by atoms with Crippen molar-refractivity contribution in [3.8, 4) is 0 Å². The molecule has 1 fully saturated rings. The molecule has 0 spiro atoms. The van der Waals surface area contributed by atoms with Gasteiger partial charge < -0.3 is 5.32 Å². The van der Waals surface area contributed by atoms with E-state index in [0.29, 0.717) is 0 Å². The molecule has 1 aliphatic rings. The molecule has 1 aliphatic carbocycles. The van der Waals surface area contributed by atoms with Gasteiger partial charge in [0.2, 0.25) is 0 Å². The van der Waals surface area contributed by atoms with Crippen LogP contribution in [0.15, 0.2) is 0 Å². The number of nitrogens with one attached hydrogen (secondary N) is 1. The highest BCUT2D eigenvalue weighted by molar-refractivity contribution is 4.84. The van der Waals surface area contributed by atoms with Crippen LogP contribution < -0.4 is 5.32 Å². The molecule has 0 saturated heterocycles. The van der Waals surface area contributed by atoms with Crippen LogP contribution in [0.25, 0.3) is 0 Å². The zero-order chi connectivity index (χ0) is 11.3. The van der Waals surface area contributed by atoms with E-state index in [1.54, 1.807) is 0 Å². The van der Waals surface area contributed by atoms with E-state index in [1.807, 2.05) is 0 Å². The van der Waals surface area contributed by atoms with Gasteiger partial charge in [-0.05, 0) is 39.2 Å². The number of likely N-dealkylation sites (N-methyl/N-ethyl adjacent to an activating group) is 1. The van der Waals surface area contributed by atoms with Crippen LogP contribution in [0, 0.1) is 0 Å². The molecular formula is C13H28N2. The Labute approximate surface area is 95.4 Å². The Bertz CT molecular complexity index is 166. The van der Waals surface area contributed by atoms with E-state index in [1.165, 1.54) is 38.8 Å². The van der Waals surface area contributed by atoms with E-state index in [-0.39, 0.29) is 0 Å². The summed E-state index contributed by atoms with van der Waals surface area (Å²) in [5.41, 5.74) is 0. The van der Waals surface area contributed by atoms with Gasteiger partial charge in [-0.2, -0.15) is 0 Å². The summed E-state index contributed by atoms with van der Waals surface area (Å²) in [6.45, 7) is 11.6. The first kappa shape index (κ1) is 13.0. The summed E-state index contributed by atoms with van der Waals surface area (Å²) < 4.78 is 0. The molecule has 15 heavy (non-hydrogen) atoms. The second-order valence-electron chi connectivity index (χ2n) is 4.83. The molecule has 1 N–H and O–H groups in total. The topological polar surface area (TPSA) is 15.3 Å². The smallest absolute Gasteiger partial charge is 0.0220 e. The van der Waals surface area contributed by atoms with Gasteiger partial charge in [0, 0.05) is 24.7 Å². The lowest BCUT2D eigenvalue weighted by atomic mass is 10.1. The molecule has 0 radical (unpaired) electrons. The lowest BCUT2D eigenvalue weighted by Crippen LogP contribution is -2.46. The Morgan fingerprint density at radius 3 is 2.27 bits per heavy atom. The number of nitrogens with zero attached hydrogens (tertiary/aromatic N) is 1. The third kappa shape index (κ3) is 4.12. The minimum Gasteiger partial charge on any atom is -0.312 e. The van der Waals surface area contributed by atoms with Crippen LogP contribution in [0.4, 0.5) is 0 Å². The Kier molecular flexibility index (Phi) is 5.62. The largest absolute Gasteiger partial charge is 0.312 e. The Morgan fingerprint density at radius 1 is 1.20 bits per heavy atom. The van der Waals surface area contributed by atoms with Crippen molar-refractivity contribution in [2.45, 2.75) is 71.5 Å². The molecule has 0 aromatic carbocycles. The van der Waals surface area contributed by atoms with Crippen molar-refractivity contribution in [3.63, 3.8) is 0 Å². The van der Waals surface area contributed by atoms with E-state index >= 15 is 0 Å². The van der Waals surface area contributed by atoms with Gasteiger partial charge in [-0.3, -0.25) is 4.90 Å². The molecule has 90 valence electrons. The highest BCUT2D eigenvalue weighted by Crippen LogP contribution is 2.19. The van der Waals surface area contributed by atoms with Crippen LogP contribution in [0.3, 0.4) is 0 Å². The van der Waals surface area contributed by atoms with Gasteiger partial charge in [-0.25, -0.2) is 0 Å². The fraction of sp³-hybridized carbons (Fsp3) is 1.00. The maximum Gasteiger partial charge on any atom is 0.0220 e. The lowest BCUT2D eigenvalue weighted by molar-refractivity contribution is 0.141. The predicted molar refractivity (Wildman–Crippen MR) is 67.2 cm³/mol. The van der Waals surface area contributed by atoms with E-state index in [2.05, 4.69) is 37.9 Å². The number of hydrogen-bond donors (Lipinski definition) is 1. The van der Waals surface area contributed by atoms with Gasteiger partial charge in [0.05, 0.1) is 0 Å². The fourth-order valence-electron chi connectivity index (χ4n) is 2.25. The maximum atomic E-state index is 3.66. The molecule has 0 heterocycles. The summed E-state index contributed by atoms with van der Waals surface area (Å²) in [4.78, 5) is 2.65. The Morgan fingerprint density at radius 2 is 1.87 bits per heavy atom. The van der Waals surface area contributed by atoms with Crippen LogP contribution in [0.2, 0.25) is 0 Å². The minimum atomic E-state index is 0.723. The predicted octanol–water partition coefficient (Wildman–Crippen LogP) is 2.64. The molecule has 0 amide bonds. The highest BCUT2D eigenvalue weighted by Gasteiger charge is 2.24. The molecule has 2 atom stereocenters. The van der Waals surface area contributed by atoms with Gasteiger partial charge in [0.15, 0.2) is 0 Å². The second-order valence-corrected chi connectivity index (χ2v) is 4.83. The van der Waals surface area contributed by atoms with Crippen molar-refractivity contribution in [2.75, 3.05) is 13.1 Å². The molecule has 2 nitrogen and oxygen atoms in total. The van der Waals surface area contributed by atoms with E-state index < -0.39 is 0 Å². The number of hydrogen-bond acceptors (Lipinski definition) is 2. The summed E-state index contributed by atoms with van der Waals surface area (Å²) >= 11 is 0. The van der Waals surface area contributed by atoms with Crippen molar-refractivity contribution < 1.29 is 0 Å². The molecule has 0 bridgehead atoms. The van der Waals surface area contributed by atoms with Gasteiger partial charge >= 0.3 is 0 Å². The summed E-state index contributed by atoms with van der Waals surface area (Å²) in [5, 5.41) is 3.66. The molecule has 2 heteroatoms. The summed E-state index contributed by atoms with van der Waals surface area (Å²) in [5.74, 6) is 0. The van der Waals surface area contributed by atoms with E-state index in [0.717, 1.165) is 18.1 Å². The van der Waals surface area contributed by atoms with Crippen molar-refractivity contribution in [2.24, 2.45) is 0 Å². The zero-order valence-corrected chi connectivity index (χ0v) is 10.9. The van der Waals surface area contributed by atoms with Gasteiger partial charge in [-0.15, -0.1) is 0 Å². The van der Waals surface area contributed by atoms with Gasteiger partial charge in [-0.1, -0.05) is 20.8 Å². The third-order valence-corrected chi connectivity index (χ3v) is 3.68. The van der Waals surface area contributed by atoms with Crippen molar-refractivity contribution in [1.29, 1.82) is 0 Å². The second kappa shape index (κ2) is 6.49. The lowest BCUT2D eigenvalue weighted by Gasteiger charge is -2.35. The summed E-state index contributed by atoms with van der Waals surface area (Å²) in [6.07, 6.45) is 5.31. The van der Waals surface area contributed by atoms with Crippen LogP contribution in [-0.4, -0.2) is 36.1 Å². The Balaban J connectivity index is 2.36.